The molecule has 1 unspecified atom stereocenters. The van der Waals surface area contributed by atoms with E-state index in [1.807, 2.05) is 36.9 Å². The van der Waals surface area contributed by atoms with Gasteiger partial charge in [-0.15, -0.1) is 0 Å². The molecule has 1 aromatic heterocycles. The molecule has 2 aromatic rings. The number of benzene rings is 1. The summed E-state index contributed by atoms with van der Waals surface area (Å²) in [5.41, 5.74) is 4.27. The molecule has 130 valence electrons. The molecule has 1 aromatic carbocycles. The first kappa shape index (κ1) is 16.0. The third kappa shape index (κ3) is 2.87. The van der Waals surface area contributed by atoms with Gasteiger partial charge in [-0.3, -0.25) is 4.79 Å². The van der Waals surface area contributed by atoms with Gasteiger partial charge in [-0.2, -0.15) is 0 Å². The second kappa shape index (κ2) is 6.44. The van der Waals surface area contributed by atoms with Crippen molar-refractivity contribution in [2.45, 2.75) is 26.4 Å². The quantitative estimate of drug-likeness (QED) is 0.837. The lowest BCUT2D eigenvalue weighted by Gasteiger charge is -2.35. The summed E-state index contributed by atoms with van der Waals surface area (Å²) < 4.78 is 5.81. The number of anilines is 2. The molecule has 0 spiro atoms. The molecule has 0 radical (unpaired) electrons. The van der Waals surface area contributed by atoms with Gasteiger partial charge in [-0.1, -0.05) is 18.2 Å². The van der Waals surface area contributed by atoms with Crippen LogP contribution in [-0.4, -0.2) is 48.2 Å². The van der Waals surface area contributed by atoms with E-state index in [2.05, 4.69) is 20.9 Å². The molecule has 0 saturated carbocycles. The lowest BCUT2D eigenvalue weighted by molar-refractivity contribution is -0.130. The van der Waals surface area contributed by atoms with Gasteiger partial charge in [0, 0.05) is 30.0 Å². The molecule has 25 heavy (non-hydrogen) atoms. The van der Waals surface area contributed by atoms with Crippen molar-refractivity contribution in [1.29, 1.82) is 0 Å². The molecule has 2 aliphatic heterocycles. The maximum Gasteiger partial charge on any atom is 0.257 e. The summed E-state index contributed by atoms with van der Waals surface area (Å²) in [5, 5.41) is 0. The number of nitrogens with zero attached hydrogens (tertiary/aromatic N) is 4. The van der Waals surface area contributed by atoms with Crippen molar-refractivity contribution in [3.63, 3.8) is 0 Å². The average molecular weight is 338 g/mol. The first-order valence-corrected chi connectivity index (χ1v) is 8.69. The largest absolute Gasteiger partial charge is 0.365 e. The van der Waals surface area contributed by atoms with Crippen molar-refractivity contribution >= 4 is 17.4 Å². The first-order valence-electron chi connectivity index (χ1n) is 8.69. The number of hydrogen-bond acceptors (Lipinski definition) is 5. The Balaban J connectivity index is 1.54. The van der Waals surface area contributed by atoms with Gasteiger partial charge in [-0.25, -0.2) is 9.97 Å². The molecule has 0 N–H and O–H groups in total. The van der Waals surface area contributed by atoms with Gasteiger partial charge in [0.15, 0.2) is 6.10 Å². The summed E-state index contributed by atoms with van der Waals surface area (Å²) in [7, 11) is 0. The average Bonchev–Trinajstić information content (AvgIpc) is 3.07. The second-order valence-electron chi connectivity index (χ2n) is 6.58. The Morgan fingerprint density at radius 3 is 2.92 bits per heavy atom. The number of para-hydroxylation sites is 1. The van der Waals surface area contributed by atoms with Gasteiger partial charge in [0.1, 0.15) is 12.1 Å². The SMILES string of the molecule is Cc1ncnc(N2CCOC(C(=O)N3CCc4ccccc43)C2)c1C. The number of amides is 1. The zero-order valence-electron chi connectivity index (χ0n) is 14.6. The van der Waals surface area contributed by atoms with Gasteiger partial charge < -0.3 is 14.5 Å². The maximum absolute atomic E-state index is 13.0. The minimum absolute atomic E-state index is 0.0399. The fraction of sp³-hybridized carbons (Fsp3) is 0.421. The molecule has 0 bridgehead atoms. The van der Waals surface area contributed by atoms with Crippen molar-refractivity contribution in [3.8, 4) is 0 Å². The van der Waals surface area contributed by atoms with Crippen LogP contribution in [0.3, 0.4) is 0 Å². The molecule has 6 nitrogen and oxygen atoms in total. The number of carbonyl (C=O) groups excluding carboxylic acids is 1. The Bertz CT molecular complexity index is 808. The molecular weight excluding hydrogens is 316 g/mol. The molecule has 0 aliphatic carbocycles. The molecule has 3 heterocycles. The summed E-state index contributed by atoms with van der Waals surface area (Å²) in [5.74, 6) is 0.938. The fourth-order valence-corrected chi connectivity index (χ4v) is 3.58. The Morgan fingerprint density at radius 2 is 2.04 bits per heavy atom. The van der Waals surface area contributed by atoms with E-state index in [0.29, 0.717) is 13.2 Å². The Hall–Kier alpha value is -2.47. The number of ether oxygens (including phenoxy) is 1. The van der Waals surface area contributed by atoms with Crippen molar-refractivity contribution in [1.82, 2.24) is 9.97 Å². The van der Waals surface area contributed by atoms with Gasteiger partial charge in [0.25, 0.3) is 5.91 Å². The lowest BCUT2D eigenvalue weighted by atomic mass is 10.1. The number of fused-ring (bicyclic) bond motifs is 1. The Labute approximate surface area is 147 Å². The van der Waals surface area contributed by atoms with E-state index >= 15 is 0 Å². The normalized spacial score (nSPS) is 19.8. The van der Waals surface area contributed by atoms with Crippen LogP contribution in [0, 0.1) is 13.8 Å². The summed E-state index contributed by atoms with van der Waals surface area (Å²) in [6, 6.07) is 8.10. The monoisotopic (exact) mass is 338 g/mol. The van der Waals surface area contributed by atoms with Crippen molar-refractivity contribution in [3.05, 3.63) is 47.4 Å². The van der Waals surface area contributed by atoms with Crippen LogP contribution in [0.25, 0.3) is 0 Å². The highest BCUT2D eigenvalue weighted by atomic mass is 16.5. The third-order valence-electron chi connectivity index (χ3n) is 5.10. The van der Waals surface area contributed by atoms with Crippen molar-refractivity contribution in [2.24, 2.45) is 0 Å². The Morgan fingerprint density at radius 1 is 1.20 bits per heavy atom. The molecule has 4 rings (SSSR count). The molecule has 1 amide bonds. The minimum Gasteiger partial charge on any atom is -0.365 e. The van der Waals surface area contributed by atoms with Crippen molar-refractivity contribution in [2.75, 3.05) is 36.0 Å². The summed E-state index contributed by atoms with van der Waals surface area (Å²) in [6.07, 6.45) is 2.03. The second-order valence-corrected chi connectivity index (χ2v) is 6.58. The minimum atomic E-state index is -0.463. The zero-order valence-corrected chi connectivity index (χ0v) is 14.6. The standard InChI is InChI=1S/C19H22N4O2/c1-13-14(2)20-12-21-18(13)22-9-10-25-17(11-22)19(24)23-8-7-15-5-3-4-6-16(15)23/h3-6,12,17H,7-11H2,1-2H3. The van der Waals surface area contributed by atoms with Crippen LogP contribution >= 0.6 is 0 Å². The van der Waals surface area contributed by atoms with Crippen LogP contribution < -0.4 is 9.80 Å². The molecule has 6 heteroatoms. The van der Waals surface area contributed by atoms with E-state index in [9.17, 15) is 4.79 Å². The molecule has 1 saturated heterocycles. The fourth-order valence-electron chi connectivity index (χ4n) is 3.58. The first-order chi connectivity index (χ1) is 12.1. The smallest absolute Gasteiger partial charge is 0.257 e. The van der Waals surface area contributed by atoms with Crippen LogP contribution in [0.5, 0.6) is 0 Å². The highest BCUT2D eigenvalue weighted by Crippen LogP contribution is 2.29. The maximum atomic E-state index is 13.0. The van der Waals surface area contributed by atoms with E-state index in [1.54, 1.807) is 6.33 Å². The predicted octanol–water partition coefficient (Wildman–Crippen LogP) is 1.89. The van der Waals surface area contributed by atoms with Crippen molar-refractivity contribution < 1.29 is 9.53 Å². The Kier molecular flexibility index (Phi) is 4.13. The van der Waals surface area contributed by atoms with Crippen LogP contribution in [0.2, 0.25) is 0 Å². The van der Waals surface area contributed by atoms with E-state index in [-0.39, 0.29) is 5.91 Å². The number of aryl methyl sites for hydroxylation is 1. The van der Waals surface area contributed by atoms with Crippen LogP contribution in [0.1, 0.15) is 16.8 Å². The molecule has 1 fully saturated rings. The van der Waals surface area contributed by atoms with Crippen LogP contribution in [0.4, 0.5) is 11.5 Å². The summed E-state index contributed by atoms with van der Waals surface area (Å²) in [4.78, 5) is 25.7. The number of aromatic nitrogens is 2. The van der Waals surface area contributed by atoms with E-state index in [4.69, 9.17) is 4.74 Å². The number of morpholine rings is 1. The highest BCUT2D eigenvalue weighted by molar-refractivity contribution is 5.98. The lowest BCUT2D eigenvalue weighted by Crippen LogP contribution is -2.51. The zero-order chi connectivity index (χ0) is 17.4. The van der Waals surface area contributed by atoms with E-state index in [0.717, 1.165) is 42.3 Å². The van der Waals surface area contributed by atoms with Gasteiger partial charge in [0.05, 0.1) is 13.2 Å². The van der Waals surface area contributed by atoms with Gasteiger partial charge in [-0.05, 0) is 31.9 Å². The van der Waals surface area contributed by atoms with Crippen LogP contribution in [0.15, 0.2) is 30.6 Å². The number of rotatable bonds is 2. The molecule has 2 aliphatic rings. The molecule has 1 atom stereocenters. The third-order valence-corrected chi connectivity index (χ3v) is 5.10. The van der Waals surface area contributed by atoms with Gasteiger partial charge in [0.2, 0.25) is 0 Å². The van der Waals surface area contributed by atoms with E-state index in [1.165, 1.54) is 5.56 Å². The number of carbonyl (C=O) groups is 1. The van der Waals surface area contributed by atoms with E-state index < -0.39 is 6.10 Å². The predicted molar refractivity (Wildman–Crippen MR) is 96.0 cm³/mol. The van der Waals surface area contributed by atoms with Gasteiger partial charge >= 0.3 is 0 Å². The topological polar surface area (TPSA) is 58.6 Å². The summed E-state index contributed by atoms with van der Waals surface area (Å²) >= 11 is 0. The highest BCUT2D eigenvalue weighted by Gasteiger charge is 2.34. The summed E-state index contributed by atoms with van der Waals surface area (Å²) in [6.45, 7) is 6.50. The molecular formula is C19H22N4O2. The van der Waals surface area contributed by atoms with Crippen LogP contribution in [-0.2, 0) is 16.0 Å². The number of hydrogen-bond donors (Lipinski definition) is 0.